The highest BCUT2D eigenvalue weighted by molar-refractivity contribution is 7.12. The Balaban J connectivity index is 1.53. The number of hydrogen-bond acceptors (Lipinski definition) is 6. The second-order valence-electron chi connectivity index (χ2n) is 7.73. The van der Waals surface area contributed by atoms with E-state index in [0.29, 0.717) is 19.6 Å². The molecule has 4 rings (SSSR count). The third-order valence-electron chi connectivity index (χ3n) is 5.75. The summed E-state index contributed by atoms with van der Waals surface area (Å²) >= 11 is 3.27. The highest BCUT2D eigenvalue weighted by atomic mass is 32.1. The van der Waals surface area contributed by atoms with Crippen LogP contribution in [0.2, 0.25) is 0 Å². The zero-order chi connectivity index (χ0) is 20.9. The molecule has 160 valence electrons. The smallest absolute Gasteiger partial charge is 0.262 e. The van der Waals surface area contributed by atoms with Gasteiger partial charge in [0.25, 0.3) is 5.91 Å². The number of methoxy groups -OCH3 is 1. The Labute approximate surface area is 185 Å². The van der Waals surface area contributed by atoms with E-state index in [4.69, 9.17) is 9.84 Å². The highest BCUT2D eigenvalue weighted by Crippen LogP contribution is 2.36. The van der Waals surface area contributed by atoms with Gasteiger partial charge in [0.2, 0.25) is 5.91 Å². The second-order valence-corrected chi connectivity index (χ2v) is 9.66. The number of rotatable bonds is 8. The number of carbonyl (C=O) groups excluding carboxylic acids is 2. The minimum absolute atomic E-state index is 0.0338. The molecular formula is C22H27N3O3S2. The summed E-state index contributed by atoms with van der Waals surface area (Å²) in [5.74, 6) is -0.0267. The van der Waals surface area contributed by atoms with Crippen molar-refractivity contribution in [2.24, 2.45) is 11.0 Å². The average Bonchev–Trinajstić information content (AvgIpc) is 3.56. The van der Waals surface area contributed by atoms with Gasteiger partial charge in [0.05, 0.1) is 23.2 Å². The summed E-state index contributed by atoms with van der Waals surface area (Å²) < 4.78 is 5.19. The van der Waals surface area contributed by atoms with Gasteiger partial charge in [0, 0.05) is 30.9 Å². The molecule has 0 spiro atoms. The zero-order valence-electron chi connectivity index (χ0n) is 17.2. The van der Waals surface area contributed by atoms with Crippen molar-refractivity contribution in [1.82, 2.24) is 9.91 Å². The Morgan fingerprint density at radius 2 is 1.97 bits per heavy atom. The van der Waals surface area contributed by atoms with Crippen LogP contribution in [0.4, 0.5) is 0 Å². The largest absolute Gasteiger partial charge is 0.383 e. The molecule has 0 N–H and O–H groups in total. The minimum atomic E-state index is -0.137. The number of ether oxygens (including phenoxy) is 1. The molecule has 0 bridgehead atoms. The fourth-order valence-electron chi connectivity index (χ4n) is 4.17. The van der Waals surface area contributed by atoms with Gasteiger partial charge in [-0.05, 0) is 35.7 Å². The Morgan fingerprint density at radius 3 is 2.63 bits per heavy atom. The Kier molecular flexibility index (Phi) is 6.97. The second kappa shape index (κ2) is 9.85. The molecule has 1 aliphatic carbocycles. The van der Waals surface area contributed by atoms with Crippen LogP contribution in [0.5, 0.6) is 0 Å². The van der Waals surface area contributed by atoms with E-state index in [2.05, 4.69) is 6.07 Å². The normalized spacial score (nSPS) is 19.3. The Bertz CT molecular complexity index is 874. The number of amides is 2. The fourth-order valence-corrected chi connectivity index (χ4v) is 5.70. The molecule has 1 atom stereocenters. The number of hydrazone groups is 1. The number of hydrogen-bond donors (Lipinski definition) is 0. The van der Waals surface area contributed by atoms with E-state index in [1.807, 2.05) is 29.0 Å². The van der Waals surface area contributed by atoms with Crippen LogP contribution in [0, 0.1) is 5.92 Å². The lowest BCUT2D eigenvalue weighted by atomic mass is 10.1. The standard InChI is InChI=1S/C22H27N3O3S2/c1-28-11-10-24(22(27)16-6-2-3-7-16)15-21(26)25-18(20-9-5-13-30-20)14-17(23-25)19-8-4-12-29-19/h4-5,8-9,12-13,16,18H,2-3,6-7,10-11,14-15H2,1H3/t18-/m1/s1. The predicted octanol–water partition coefficient (Wildman–Crippen LogP) is 4.15. The first kappa shape index (κ1) is 21.2. The summed E-state index contributed by atoms with van der Waals surface area (Å²) in [6.45, 7) is 0.891. The van der Waals surface area contributed by atoms with Crippen LogP contribution in [0.15, 0.2) is 40.1 Å². The first-order valence-electron chi connectivity index (χ1n) is 10.4. The first-order chi connectivity index (χ1) is 14.7. The van der Waals surface area contributed by atoms with Gasteiger partial charge < -0.3 is 9.64 Å². The summed E-state index contributed by atoms with van der Waals surface area (Å²) in [5.41, 5.74) is 0.933. The molecule has 1 fully saturated rings. The van der Waals surface area contributed by atoms with Gasteiger partial charge in [-0.25, -0.2) is 5.01 Å². The lowest BCUT2D eigenvalue weighted by molar-refractivity contribution is -0.144. The van der Waals surface area contributed by atoms with Crippen molar-refractivity contribution in [2.75, 3.05) is 26.8 Å². The van der Waals surface area contributed by atoms with E-state index >= 15 is 0 Å². The molecule has 1 saturated carbocycles. The maximum Gasteiger partial charge on any atom is 0.262 e. The number of thiophene rings is 2. The van der Waals surface area contributed by atoms with E-state index in [1.54, 1.807) is 39.7 Å². The summed E-state index contributed by atoms with van der Waals surface area (Å²) in [7, 11) is 1.62. The van der Waals surface area contributed by atoms with Crippen molar-refractivity contribution in [1.29, 1.82) is 0 Å². The molecule has 0 saturated heterocycles. The minimum Gasteiger partial charge on any atom is -0.383 e. The molecule has 2 aliphatic rings. The van der Waals surface area contributed by atoms with Gasteiger partial charge >= 0.3 is 0 Å². The molecule has 0 radical (unpaired) electrons. The van der Waals surface area contributed by atoms with Crippen molar-refractivity contribution in [3.8, 4) is 0 Å². The van der Waals surface area contributed by atoms with Crippen LogP contribution in [0.25, 0.3) is 0 Å². The van der Waals surface area contributed by atoms with Crippen molar-refractivity contribution in [3.05, 3.63) is 44.8 Å². The molecule has 8 heteroatoms. The van der Waals surface area contributed by atoms with E-state index < -0.39 is 0 Å². The van der Waals surface area contributed by atoms with Crippen LogP contribution in [-0.2, 0) is 14.3 Å². The lowest BCUT2D eigenvalue weighted by Gasteiger charge is -2.28. The third-order valence-corrected chi connectivity index (χ3v) is 7.64. The zero-order valence-corrected chi connectivity index (χ0v) is 18.8. The van der Waals surface area contributed by atoms with Gasteiger partial charge in [-0.1, -0.05) is 25.0 Å². The van der Waals surface area contributed by atoms with E-state index in [0.717, 1.165) is 41.1 Å². The third kappa shape index (κ3) is 4.66. The monoisotopic (exact) mass is 445 g/mol. The highest BCUT2D eigenvalue weighted by Gasteiger charge is 2.36. The van der Waals surface area contributed by atoms with Crippen LogP contribution in [0.3, 0.4) is 0 Å². The summed E-state index contributed by atoms with van der Waals surface area (Å²) in [6, 6.07) is 7.98. The number of nitrogens with zero attached hydrogens (tertiary/aromatic N) is 3. The Morgan fingerprint density at radius 1 is 1.20 bits per heavy atom. The van der Waals surface area contributed by atoms with Crippen LogP contribution in [-0.4, -0.2) is 54.2 Å². The molecule has 2 amide bonds. The van der Waals surface area contributed by atoms with Crippen molar-refractivity contribution >= 4 is 40.2 Å². The van der Waals surface area contributed by atoms with Crippen molar-refractivity contribution < 1.29 is 14.3 Å². The van der Waals surface area contributed by atoms with Gasteiger partial charge in [-0.3, -0.25) is 9.59 Å². The van der Waals surface area contributed by atoms with Crippen LogP contribution in [0.1, 0.15) is 47.9 Å². The van der Waals surface area contributed by atoms with Gasteiger partial charge in [0.1, 0.15) is 6.54 Å². The molecule has 0 aromatic carbocycles. The van der Waals surface area contributed by atoms with Gasteiger partial charge in [-0.15, -0.1) is 22.7 Å². The summed E-state index contributed by atoms with van der Waals surface area (Å²) in [4.78, 5) is 30.3. The predicted molar refractivity (Wildman–Crippen MR) is 120 cm³/mol. The van der Waals surface area contributed by atoms with E-state index in [1.165, 1.54) is 0 Å². The van der Waals surface area contributed by atoms with Gasteiger partial charge in [0.15, 0.2) is 0 Å². The van der Waals surface area contributed by atoms with Crippen molar-refractivity contribution in [2.45, 2.75) is 38.1 Å². The maximum absolute atomic E-state index is 13.4. The first-order valence-corrected chi connectivity index (χ1v) is 12.2. The average molecular weight is 446 g/mol. The molecular weight excluding hydrogens is 418 g/mol. The number of carbonyl (C=O) groups is 2. The molecule has 1 aliphatic heterocycles. The van der Waals surface area contributed by atoms with E-state index in [-0.39, 0.29) is 30.3 Å². The molecule has 0 unspecified atom stereocenters. The quantitative estimate of drug-likeness (QED) is 0.613. The van der Waals surface area contributed by atoms with Gasteiger partial charge in [-0.2, -0.15) is 5.10 Å². The van der Waals surface area contributed by atoms with Crippen molar-refractivity contribution in [3.63, 3.8) is 0 Å². The molecule has 3 heterocycles. The molecule has 30 heavy (non-hydrogen) atoms. The fraction of sp³-hybridized carbons (Fsp3) is 0.500. The molecule has 6 nitrogen and oxygen atoms in total. The Hall–Kier alpha value is -2.03. The molecule has 2 aromatic heterocycles. The molecule has 2 aromatic rings. The summed E-state index contributed by atoms with van der Waals surface area (Å²) in [5, 5.41) is 10.4. The van der Waals surface area contributed by atoms with E-state index in [9.17, 15) is 9.59 Å². The summed E-state index contributed by atoms with van der Waals surface area (Å²) in [6.07, 6.45) is 4.70. The maximum atomic E-state index is 13.4. The van der Waals surface area contributed by atoms with Crippen LogP contribution < -0.4 is 0 Å². The SMILES string of the molecule is COCCN(CC(=O)N1N=C(c2cccs2)C[C@@H]1c1cccs1)C(=O)C1CCCC1. The lowest BCUT2D eigenvalue weighted by Crippen LogP contribution is -2.44. The van der Waals surface area contributed by atoms with Crippen LogP contribution >= 0.6 is 22.7 Å². The topological polar surface area (TPSA) is 62.2 Å².